The fraction of sp³-hybridized carbons (Fsp3) is 0.488. The van der Waals surface area contributed by atoms with E-state index in [4.69, 9.17) is 9.47 Å². The number of unbranched alkanes of at least 4 members (excludes halogenated alkanes) is 22. The highest BCUT2D eigenvalue weighted by atomic mass is 79.9. The van der Waals surface area contributed by atoms with E-state index in [9.17, 15) is 39.0 Å². The number of fused-ring (bicyclic) bond motifs is 4. The van der Waals surface area contributed by atoms with Crippen LogP contribution in [0.15, 0.2) is 115 Å². The number of carbonyl (C=O) groups is 6. The van der Waals surface area contributed by atoms with Crippen molar-refractivity contribution in [1.29, 1.82) is 0 Å². The van der Waals surface area contributed by atoms with Gasteiger partial charge >= 0.3 is 11.9 Å². The lowest BCUT2D eigenvalue weighted by Crippen LogP contribution is -3.00. The van der Waals surface area contributed by atoms with Crippen molar-refractivity contribution >= 4 is 122 Å². The summed E-state index contributed by atoms with van der Waals surface area (Å²) in [7, 11) is 0. The molecule has 0 saturated carbocycles. The van der Waals surface area contributed by atoms with Gasteiger partial charge in [0.2, 0.25) is 11.6 Å². The summed E-state index contributed by atoms with van der Waals surface area (Å²) in [6.07, 6.45) is 39.9. The molecule has 542 valence electrons. The van der Waals surface area contributed by atoms with Crippen molar-refractivity contribution in [3.8, 4) is 11.5 Å². The third-order valence-electron chi connectivity index (χ3n) is 19.8. The third-order valence-corrected chi connectivity index (χ3v) is 22.4. The number of aromatic hydroxyl groups is 2. The van der Waals surface area contributed by atoms with Crippen LogP contribution < -0.4 is 44.6 Å². The van der Waals surface area contributed by atoms with Gasteiger partial charge in [0.1, 0.15) is 22.9 Å². The smallest absolute Gasteiger partial charge is 0.305 e. The minimum Gasteiger partial charge on any atom is -1.00 e. The molecule has 6 aromatic carbocycles. The summed E-state index contributed by atoms with van der Waals surface area (Å²) in [4.78, 5) is 79.5. The largest absolute Gasteiger partial charge is 1.00 e. The first-order valence-corrected chi connectivity index (χ1v) is 39.8. The summed E-state index contributed by atoms with van der Waals surface area (Å²) < 4.78 is 14.4. The Labute approximate surface area is 648 Å². The fourth-order valence-electron chi connectivity index (χ4n) is 14.3. The van der Waals surface area contributed by atoms with E-state index >= 15 is 0 Å². The first kappa shape index (κ1) is 84.3. The summed E-state index contributed by atoms with van der Waals surface area (Å²) in [6.45, 7) is 5.20. The van der Waals surface area contributed by atoms with E-state index in [-0.39, 0.29) is 127 Å². The number of hydrogen-bond donors (Lipinski definition) is 4. The predicted molar refractivity (Wildman–Crippen MR) is 404 cm³/mol. The van der Waals surface area contributed by atoms with Gasteiger partial charge in [0, 0.05) is 60.1 Å². The fourth-order valence-corrected chi connectivity index (χ4v) is 17.3. The number of phenolic OH excluding ortho intramolecular Hbond substituents is 2. The highest BCUT2D eigenvalue weighted by molar-refractivity contribution is 9.11. The molecule has 0 fully saturated rings. The molecular formula is C82H102Br6N2O10. The van der Waals surface area contributed by atoms with Gasteiger partial charge in [0.05, 0.1) is 53.4 Å². The second-order valence-corrected chi connectivity index (χ2v) is 30.5. The van der Waals surface area contributed by atoms with Crippen molar-refractivity contribution in [2.45, 2.75) is 232 Å². The van der Waals surface area contributed by atoms with Crippen LogP contribution in [0.5, 0.6) is 11.5 Å². The number of halogens is 6. The van der Waals surface area contributed by atoms with E-state index in [0.717, 1.165) is 90.8 Å². The lowest BCUT2D eigenvalue weighted by molar-refractivity contribution is -0.480. The van der Waals surface area contributed by atoms with E-state index in [1.807, 2.05) is 34.9 Å². The van der Waals surface area contributed by atoms with Gasteiger partial charge < -0.3 is 53.6 Å². The van der Waals surface area contributed by atoms with Gasteiger partial charge in [-0.25, -0.2) is 0 Å². The van der Waals surface area contributed by atoms with Crippen LogP contribution in [0, 0.1) is 11.8 Å². The summed E-state index contributed by atoms with van der Waals surface area (Å²) in [6, 6.07) is 27.5. The zero-order chi connectivity index (χ0) is 69.8. The van der Waals surface area contributed by atoms with Crippen molar-refractivity contribution in [3.05, 3.63) is 171 Å². The minimum absolute atomic E-state index is 0. The minimum atomic E-state index is -0.374. The van der Waals surface area contributed by atoms with Gasteiger partial charge in [-0.05, 0) is 136 Å². The Kier molecular flexibility index (Phi) is 37.8. The maximum atomic E-state index is 13.6. The number of ether oxygens (including phenoxy) is 2. The van der Waals surface area contributed by atoms with Crippen molar-refractivity contribution in [1.82, 2.24) is 0 Å². The van der Waals surface area contributed by atoms with E-state index in [2.05, 4.69) is 77.6 Å². The number of carbonyl (C=O) groups excluding carboxylic acids is 6. The van der Waals surface area contributed by atoms with Gasteiger partial charge in [-0.2, -0.15) is 0 Å². The topological polar surface area (TPSA) is 195 Å². The number of phenols is 2. The molecule has 0 bridgehead atoms. The van der Waals surface area contributed by atoms with Gasteiger partial charge in [-0.1, -0.05) is 242 Å². The highest BCUT2D eigenvalue weighted by Gasteiger charge is 2.38. The highest BCUT2D eigenvalue weighted by Crippen LogP contribution is 2.41. The molecule has 0 amide bonds. The molecule has 0 aliphatic heterocycles. The van der Waals surface area contributed by atoms with Crippen molar-refractivity contribution in [3.63, 3.8) is 0 Å². The third kappa shape index (κ3) is 24.7. The van der Waals surface area contributed by atoms with Crippen molar-refractivity contribution in [2.24, 2.45) is 11.8 Å². The summed E-state index contributed by atoms with van der Waals surface area (Å²) in [5.74, 6) is -0.405. The lowest BCUT2D eigenvalue weighted by atomic mass is 9.78. The Hall–Kier alpha value is -4.66. The summed E-state index contributed by atoms with van der Waals surface area (Å²) in [5, 5.41) is 25.0. The van der Waals surface area contributed by atoms with E-state index in [1.54, 1.807) is 60.7 Å². The van der Waals surface area contributed by atoms with Crippen molar-refractivity contribution < 1.29 is 93.1 Å². The number of nitrogens with two attached hydrogens (primary N) is 2. The Morgan fingerprint density at radius 3 is 0.950 bits per heavy atom. The normalized spacial score (nSPS) is 12.8. The van der Waals surface area contributed by atoms with Crippen LogP contribution in [0.25, 0.3) is 0 Å². The number of rotatable bonds is 45. The molecule has 6 N–H and O–H groups in total. The van der Waals surface area contributed by atoms with Gasteiger partial charge in [0.15, 0.2) is 22.9 Å². The first-order valence-electron chi connectivity index (χ1n) is 36.6. The summed E-state index contributed by atoms with van der Waals surface area (Å²) >= 11 is 14.8. The maximum Gasteiger partial charge on any atom is 0.305 e. The second kappa shape index (κ2) is 44.9. The van der Waals surface area contributed by atoms with Crippen LogP contribution in [0.1, 0.15) is 294 Å². The van der Waals surface area contributed by atoms with Crippen LogP contribution in [0.3, 0.4) is 0 Å². The Morgan fingerprint density at radius 1 is 0.380 bits per heavy atom. The Balaban J connectivity index is 0.00000787. The Morgan fingerprint density at radius 2 is 0.650 bits per heavy atom. The molecule has 2 unspecified atom stereocenters. The SMILES string of the molecule is CCCCCCC(CCCCCCCCCCCC(=O)OCCc1cc(Br)c([NH2+]c2ccc(O)c3c2C(=O)c2ccccc2C3=O)c(Br)c1)C(CCCCCC)CCCCCCCCCCCC(=O)OCCc1cc(Br)c([NH2+]c2ccc(O)c3c2C(=O)c2ccccc2C3=O)c(Br)c1.[Br-].[Br-]. The quantitative estimate of drug-likeness (QED) is 0.0123. The monoisotopic (exact) mass is 1750 g/mol. The molecule has 0 saturated heterocycles. The molecule has 2 aliphatic rings. The zero-order valence-electron chi connectivity index (χ0n) is 58.4. The van der Waals surface area contributed by atoms with Crippen LogP contribution in [-0.4, -0.2) is 58.5 Å². The molecule has 100 heavy (non-hydrogen) atoms. The molecule has 2 aliphatic carbocycles. The molecule has 8 rings (SSSR count). The van der Waals surface area contributed by atoms with E-state index < -0.39 is 0 Å². The molecule has 0 spiro atoms. The van der Waals surface area contributed by atoms with Gasteiger partial charge in [-0.15, -0.1) is 0 Å². The molecule has 0 radical (unpaired) electrons. The molecule has 0 heterocycles. The van der Waals surface area contributed by atoms with Gasteiger partial charge in [0.25, 0.3) is 0 Å². The number of esters is 2. The first-order chi connectivity index (χ1) is 47.6. The Bertz CT molecular complexity index is 3400. The number of hydrogen-bond acceptors (Lipinski definition) is 10. The summed E-state index contributed by atoms with van der Waals surface area (Å²) in [5.41, 5.74) is 6.19. The standard InChI is InChI=1S/C82H100Br4N2O10.2BrH/c1-3-5-7-23-33-57(35-25-19-15-11-9-13-17-21-27-41-71(91)97-49-47-55-51-63(83)77(64(84)52-55)87-67-43-45-69(89)75-73(67)79(93)59-37-29-31-39-61(59)81(75)95)58(34-24-8-6-4-2)36-26-20-16-12-10-14-18-22-28-42-72(92)98-50-48-56-53-65(85)78(66(86)54-56)88-68-44-46-70(90)76-74(68)80(94)60-38-30-32-40-62(60)82(76)96;;/h29-32,37-40,43-46,51-54,57-58,87-90H,3-28,33-36,41-42,47-50H2,1-2H3;2*1H. The van der Waals surface area contributed by atoms with Crippen LogP contribution >= 0.6 is 63.7 Å². The lowest BCUT2D eigenvalue weighted by Gasteiger charge is -2.28. The van der Waals surface area contributed by atoms with Gasteiger partial charge in [-0.3, -0.25) is 39.4 Å². The average Bonchev–Trinajstić information content (AvgIpc) is 0.751. The van der Waals surface area contributed by atoms with Crippen LogP contribution in [-0.2, 0) is 31.9 Å². The number of quaternary nitrogens is 2. The zero-order valence-corrected chi connectivity index (χ0v) is 67.9. The van der Waals surface area contributed by atoms with Crippen LogP contribution in [0.4, 0.5) is 22.7 Å². The molecule has 12 nitrogen and oxygen atoms in total. The second-order valence-electron chi connectivity index (χ2n) is 27.1. The molecule has 18 heteroatoms. The average molecular weight is 1760 g/mol. The van der Waals surface area contributed by atoms with E-state index in [0.29, 0.717) is 48.2 Å². The molecular weight excluding hydrogens is 1650 g/mol. The predicted octanol–water partition coefficient (Wildman–Crippen LogP) is 15.4. The molecule has 2 atom stereocenters. The number of benzene rings is 6. The molecule has 0 aromatic heterocycles. The molecule has 6 aromatic rings. The maximum absolute atomic E-state index is 13.6. The van der Waals surface area contributed by atoms with Crippen molar-refractivity contribution in [2.75, 3.05) is 13.2 Å². The van der Waals surface area contributed by atoms with Crippen LogP contribution in [0.2, 0.25) is 0 Å². The van der Waals surface area contributed by atoms with E-state index in [1.165, 1.54) is 166 Å². The number of ketones is 4.